The van der Waals surface area contributed by atoms with Gasteiger partial charge >= 0.3 is 5.97 Å². The first-order valence-electron chi connectivity index (χ1n) is 6.53. The van der Waals surface area contributed by atoms with Gasteiger partial charge < -0.3 is 10.0 Å². The van der Waals surface area contributed by atoms with E-state index in [1.807, 2.05) is 19.2 Å². The lowest BCUT2D eigenvalue weighted by molar-refractivity contribution is -0.141. The molecule has 0 aliphatic heterocycles. The van der Waals surface area contributed by atoms with E-state index in [0.29, 0.717) is 5.56 Å². The van der Waals surface area contributed by atoms with E-state index in [2.05, 4.69) is 5.10 Å². The number of amides is 1. The summed E-state index contributed by atoms with van der Waals surface area (Å²) in [5.74, 6) is -1.36. The molecule has 1 N–H and O–H groups in total. The molecule has 2 aromatic rings. The lowest BCUT2D eigenvalue weighted by Crippen LogP contribution is -2.40. The van der Waals surface area contributed by atoms with Gasteiger partial charge in [-0.3, -0.25) is 4.79 Å². The van der Waals surface area contributed by atoms with Crippen LogP contribution in [0.4, 0.5) is 0 Å². The van der Waals surface area contributed by atoms with Gasteiger partial charge in [-0.2, -0.15) is 5.10 Å². The van der Waals surface area contributed by atoms with E-state index in [9.17, 15) is 9.59 Å². The van der Waals surface area contributed by atoms with Crippen LogP contribution in [0, 0.1) is 6.92 Å². The smallest absolute Gasteiger partial charge is 0.326 e. The van der Waals surface area contributed by atoms with Crippen LogP contribution in [0.2, 0.25) is 0 Å². The van der Waals surface area contributed by atoms with E-state index in [0.717, 1.165) is 11.4 Å². The largest absolute Gasteiger partial charge is 0.480 e. The Morgan fingerprint density at radius 2 is 1.86 bits per heavy atom. The van der Waals surface area contributed by atoms with Gasteiger partial charge in [-0.05, 0) is 44.2 Å². The molecule has 0 saturated heterocycles. The lowest BCUT2D eigenvalue weighted by Gasteiger charge is -2.21. The van der Waals surface area contributed by atoms with Gasteiger partial charge in [0.15, 0.2) is 0 Å². The maximum atomic E-state index is 12.2. The highest BCUT2D eigenvalue weighted by molar-refractivity contribution is 5.96. The quantitative estimate of drug-likeness (QED) is 0.929. The fraction of sp³-hybridized carbons (Fsp3) is 0.267. The summed E-state index contributed by atoms with van der Waals surface area (Å²) in [6.07, 6.45) is 1.84. The van der Waals surface area contributed by atoms with Crippen molar-refractivity contribution in [2.75, 3.05) is 7.05 Å². The Bertz CT molecular complexity index is 661. The van der Waals surface area contributed by atoms with Crippen LogP contribution in [-0.4, -0.2) is 44.8 Å². The molecule has 2 rings (SSSR count). The minimum Gasteiger partial charge on any atom is -0.480 e. The summed E-state index contributed by atoms with van der Waals surface area (Å²) < 4.78 is 1.72. The van der Waals surface area contributed by atoms with Gasteiger partial charge in [0.2, 0.25) is 0 Å². The third-order valence-corrected chi connectivity index (χ3v) is 3.36. The van der Waals surface area contributed by atoms with E-state index >= 15 is 0 Å². The number of aryl methyl sites for hydroxylation is 1. The molecule has 6 nitrogen and oxygen atoms in total. The van der Waals surface area contributed by atoms with Crippen LogP contribution in [0.5, 0.6) is 0 Å². The van der Waals surface area contributed by atoms with Crippen molar-refractivity contribution in [1.82, 2.24) is 14.7 Å². The molecule has 1 unspecified atom stereocenters. The number of rotatable bonds is 4. The normalized spacial score (nSPS) is 12.0. The SMILES string of the molecule is Cc1ccn(-c2ccc(C(=O)N(C)C(C)C(=O)O)cc2)n1. The van der Waals surface area contributed by atoms with Crippen molar-refractivity contribution in [3.05, 3.63) is 47.8 Å². The lowest BCUT2D eigenvalue weighted by atomic mass is 10.1. The fourth-order valence-corrected chi connectivity index (χ4v) is 1.86. The number of likely N-dealkylation sites (N-methyl/N-ethyl adjacent to an activating group) is 1. The van der Waals surface area contributed by atoms with Crippen molar-refractivity contribution in [1.29, 1.82) is 0 Å². The minimum atomic E-state index is -1.03. The second-order valence-electron chi connectivity index (χ2n) is 4.88. The molecule has 1 heterocycles. The summed E-state index contributed by atoms with van der Waals surface area (Å²) in [5.41, 5.74) is 2.19. The molecule has 0 aliphatic carbocycles. The maximum Gasteiger partial charge on any atom is 0.326 e. The van der Waals surface area contributed by atoms with Gasteiger partial charge in [0.25, 0.3) is 5.91 Å². The van der Waals surface area contributed by atoms with E-state index in [1.54, 1.807) is 28.9 Å². The Morgan fingerprint density at radius 1 is 1.24 bits per heavy atom. The highest BCUT2D eigenvalue weighted by Gasteiger charge is 2.22. The molecule has 6 heteroatoms. The van der Waals surface area contributed by atoms with Crippen molar-refractivity contribution in [3.8, 4) is 5.69 Å². The fourth-order valence-electron chi connectivity index (χ4n) is 1.86. The number of carbonyl (C=O) groups excluding carboxylic acids is 1. The number of nitrogens with zero attached hydrogens (tertiary/aromatic N) is 3. The van der Waals surface area contributed by atoms with Gasteiger partial charge in [-0.1, -0.05) is 0 Å². The first-order valence-corrected chi connectivity index (χ1v) is 6.53. The molecule has 0 spiro atoms. The molecule has 1 aromatic heterocycles. The standard InChI is InChI=1S/C15H17N3O3/c1-10-8-9-18(16-10)13-6-4-12(5-7-13)14(19)17(3)11(2)15(20)21/h4-9,11H,1-3H3,(H,20,21). The summed E-state index contributed by atoms with van der Waals surface area (Å²) >= 11 is 0. The highest BCUT2D eigenvalue weighted by atomic mass is 16.4. The molecular weight excluding hydrogens is 270 g/mol. The van der Waals surface area contributed by atoms with Crippen molar-refractivity contribution < 1.29 is 14.7 Å². The molecule has 1 amide bonds. The Hall–Kier alpha value is -2.63. The van der Waals surface area contributed by atoms with Crippen molar-refractivity contribution >= 4 is 11.9 Å². The monoisotopic (exact) mass is 287 g/mol. The number of carboxylic acids is 1. The Kier molecular flexibility index (Phi) is 4.07. The van der Waals surface area contributed by atoms with Crippen LogP contribution in [0.15, 0.2) is 36.5 Å². The zero-order valence-corrected chi connectivity index (χ0v) is 12.1. The van der Waals surface area contributed by atoms with Gasteiger partial charge in [0, 0.05) is 18.8 Å². The maximum absolute atomic E-state index is 12.2. The number of benzene rings is 1. The molecule has 0 aliphatic rings. The van der Waals surface area contributed by atoms with Gasteiger partial charge in [0.05, 0.1) is 11.4 Å². The molecule has 1 atom stereocenters. The number of aromatic nitrogens is 2. The molecule has 0 bridgehead atoms. The third kappa shape index (κ3) is 3.10. The van der Waals surface area contributed by atoms with Gasteiger partial charge in [0.1, 0.15) is 6.04 Å². The predicted octanol–water partition coefficient (Wildman–Crippen LogP) is 1.73. The van der Waals surface area contributed by atoms with Crippen LogP contribution in [0.1, 0.15) is 23.0 Å². The van der Waals surface area contributed by atoms with Crippen molar-refractivity contribution in [3.63, 3.8) is 0 Å². The van der Waals surface area contributed by atoms with Crippen LogP contribution in [0.25, 0.3) is 5.69 Å². The predicted molar refractivity (Wildman–Crippen MR) is 77.5 cm³/mol. The molecule has 0 fully saturated rings. The zero-order chi connectivity index (χ0) is 15.6. The van der Waals surface area contributed by atoms with E-state index in [1.165, 1.54) is 18.9 Å². The molecule has 0 saturated carbocycles. The molecule has 21 heavy (non-hydrogen) atoms. The minimum absolute atomic E-state index is 0.326. The van der Waals surface area contributed by atoms with Gasteiger partial charge in [-0.15, -0.1) is 0 Å². The summed E-state index contributed by atoms with van der Waals surface area (Å²) in [5, 5.41) is 13.2. The topological polar surface area (TPSA) is 75.4 Å². The molecule has 110 valence electrons. The second kappa shape index (κ2) is 5.78. The number of carbonyl (C=O) groups is 2. The third-order valence-electron chi connectivity index (χ3n) is 3.36. The van der Waals surface area contributed by atoms with Crippen LogP contribution in [-0.2, 0) is 4.79 Å². The average molecular weight is 287 g/mol. The first kappa shape index (κ1) is 14.8. The summed E-state index contributed by atoms with van der Waals surface area (Å²) in [7, 11) is 1.48. The number of hydrogen-bond acceptors (Lipinski definition) is 3. The van der Waals surface area contributed by atoms with E-state index in [-0.39, 0.29) is 5.91 Å². The van der Waals surface area contributed by atoms with Gasteiger partial charge in [-0.25, -0.2) is 9.48 Å². The summed E-state index contributed by atoms with van der Waals surface area (Å²) in [4.78, 5) is 24.3. The summed E-state index contributed by atoms with van der Waals surface area (Å²) in [6.45, 7) is 3.37. The average Bonchev–Trinajstić information content (AvgIpc) is 2.91. The Morgan fingerprint density at radius 3 is 2.33 bits per heavy atom. The second-order valence-corrected chi connectivity index (χ2v) is 4.88. The Balaban J connectivity index is 2.19. The van der Waals surface area contributed by atoms with Crippen LogP contribution < -0.4 is 0 Å². The van der Waals surface area contributed by atoms with Crippen LogP contribution >= 0.6 is 0 Å². The van der Waals surface area contributed by atoms with E-state index < -0.39 is 12.0 Å². The zero-order valence-electron chi connectivity index (χ0n) is 12.1. The van der Waals surface area contributed by atoms with Crippen molar-refractivity contribution in [2.45, 2.75) is 19.9 Å². The number of hydrogen-bond donors (Lipinski definition) is 1. The molecule has 1 aromatic carbocycles. The van der Waals surface area contributed by atoms with Crippen molar-refractivity contribution in [2.24, 2.45) is 0 Å². The number of aliphatic carboxylic acids is 1. The highest BCUT2D eigenvalue weighted by Crippen LogP contribution is 2.12. The molecular formula is C15H17N3O3. The number of carboxylic acid groups (broad SMARTS) is 1. The first-order chi connectivity index (χ1) is 9.90. The van der Waals surface area contributed by atoms with Crippen LogP contribution in [0.3, 0.4) is 0 Å². The Labute approximate surface area is 122 Å². The van der Waals surface area contributed by atoms with E-state index in [4.69, 9.17) is 5.11 Å². The summed E-state index contributed by atoms with van der Waals surface area (Å²) in [6, 6.07) is 7.91. The molecule has 0 radical (unpaired) electrons.